The smallest absolute Gasteiger partial charge is 0.313 e. The van der Waals surface area contributed by atoms with Crippen LogP contribution in [0.25, 0.3) is 0 Å². The molecule has 1 fully saturated rings. The Morgan fingerprint density at radius 1 is 1.23 bits per heavy atom. The number of halogens is 2. The Morgan fingerprint density at radius 3 is 2.50 bits per heavy atom. The molecule has 7 heteroatoms. The number of benzene rings is 1. The van der Waals surface area contributed by atoms with E-state index in [1.165, 1.54) is 12.1 Å². The molecule has 0 spiro atoms. The minimum Gasteiger partial charge on any atom is -0.396 e. The molecule has 0 saturated heterocycles. The zero-order valence-electron chi connectivity index (χ0n) is 11.9. The summed E-state index contributed by atoms with van der Waals surface area (Å²) in [6.45, 7) is 0.159. The predicted molar refractivity (Wildman–Crippen MR) is 81.0 cm³/mol. The number of hydrogen-bond donors (Lipinski definition) is 3. The minimum atomic E-state index is -0.813. The van der Waals surface area contributed by atoms with Crippen molar-refractivity contribution in [2.24, 2.45) is 5.92 Å². The SMILES string of the molecule is O=C(Nc1ccc(F)c(Cl)c1)C(=O)NC1CCC(CO)CC1. The van der Waals surface area contributed by atoms with Crippen molar-refractivity contribution in [2.75, 3.05) is 11.9 Å². The van der Waals surface area contributed by atoms with Crippen LogP contribution in [0, 0.1) is 11.7 Å². The Balaban J connectivity index is 1.84. The van der Waals surface area contributed by atoms with Crippen LogP contribution in [0.15, 0.2) is 18.2 Å². The van der Waals surface area contributed by atoms with E-state index in [9.17, 15) is 14.0 Å². The average molecular weight is 329 g/mol. The van der Waals surface area contributed by atoms with Crippen molar-refractivity contribution in [3.05, 3.63) is 29.0 Å². The zero-order valence-corrected chi connectivity index (χ0v) is 12.7. The normalized spacial score (nSPS) is 21.2. The van der Waals surface area contributed by atoms with E-state index in [-0.39, 0.29) is 29.3 Å². The van der Waals surface area contributed by atoms with Gasteiger partial charge in [-0.2, -0.15) is 0 Å². The van der Waals surface area contributed by atoms with E-state index in [2.05, 4.69) is 10.6 Å². The molecule has 0 aromatic heterocycles. The van der Waals surface area contributed by atoms with Gasteiger partial charge in [-0.05, 0) is 49.8 Å². The quantitative estimate of drug-likeness (QED) is 0.743. The molecule has 5 nitrogen and oxygen atoms in total. The topological polar surface area (TPSA) is 78.4 Å². The van der Waals surface area contributed by atoms with Crippen LogP contribution < -0.4 is 10.6 Å². The van der Waals surface area contributed by atoms with Gasteiger partial charge in [0.15, 0.2) is 0 Å². The third-order valence-corrected chi connectivity index (χ3v) is 4.11. The Kier molecular flexibility index (Phi) is 5.74. The molecule has 1 aromatic rings. The van der Waals surface area contributed by atoms with Crippen LogP contribution in [0.1, 0.15) is 25.7 Å². The molecule has 3 N–H and O–H groups in total. The van der Waals surface area contributed by atoms with E-state index in [1.807, 2.05) is 0 Å². The number of anilines is 1. The van der Waals surface area contributed by atoms with E-state index in [0.717, 1.165) is 31.7 Å². The molecule has 0 radical (unpaired) electrons. The molecule has 0 unspecified atom stereocenters. The van der Waals surface area contributed by atoms with Crippen molar-refractivity contribution in [1.82, 2.24) is 5.32 Å². The molecule has 1 aliphatic carbocycles. The largest absolute Gasteiger partial charge is 0.396 e. The van der Waals surface area contributed by atoms with Crippen LogP contribution in [0.5, 0.6) is 0 Å². The van der Waals surface area contributed by atoms with Gasteiger partial charge in [-0.25, -0.2) is 4.39 Å². The highest BCUT2D eigenvalue weighted by Gasteiger charge is 2.24. The second-order valence-electron chi connectivity index (χ2n) is 5.46. The number of carbonyl (C=O) groups excluding carboxylic acids is 2. The summed E-state index contributed by atoms with van der Waals surface area (Å²) in [5.74, 6) is -1.85. The standard InChI is InChI=1S/C15H18ClFN2O3/c16-12-7-11(5-6-13(12)17)19-15(22)14(21)18-10-3-1-9(8-20)2-4-10/h5-7,9-10,20H,1-4,8H2,(H,18,21)(H,19,22). The zero-order chi connectivity index (χ0) is 16.1. The van der Waals surface area contributed by atoms with Crippen molar-refractivity contribution >= 4 is 29.1 Å². The van der Waals surface area contributed by atoms with Gasteiger partial charge in [-0.1, -0.05) is 11.6 Å². The van der Waals surface area contributed by atoms with Crippen LogP contribution in [0.3, 0.4) is 0 Å². The second kappa shape index (κ2) is 7.56. The minimum absolute atomic E-state index is 0.0575. The molecule has 0 heterocycles. The Morgan fingerprint density at radius 2 is 1.91 bits per heavy atom. The third kappa shape index (κ3) is 4.42. The number of rotatable bonds is 3. The number of aliphatic hydroxyl groups excluding tert-OH is 1. The highest BCUT2D eigenvalue weighted by Crippen LogP contribution is 2.23. The molecule has 0 bridgehead atoms. The van der Waals surface area contributed by atoms with Crippen LogP contribution in [-0.4, -0.2) is 29.6 Å². The summed E-state index contributed by atoms with van der Waals surface area (Å²) in [6.07, 6.45) is 3.15. The lowest BCUT2D eigenvalue weighted by molar-refractivity contribution is -0.136. The molecule has 0 atom stereocenters. The van der Waals surface area contributed by atoms with Crippen LogP contribution >= 0.6 is 11.6 Å². The Hall–Kier alpha value is -1.66. The molecular formula is C15H18ClFN2O3. The molecule has 120 valence electrons. The molecular weight excluding hydrogens is 311 g/mol. The fraction of sp³-hybridized carbons (Fsp3) is 0.467. The van der Waals surface area contributed by atoms with Crippen LogP contribution in [0.4, 0.5) is 10.1 Å². The lowest BCUT2D eigenvalue weighted by atomic mass is 9.86. The monoisotopic (exact) mass is 328 g/mol. The molecule has 2 amide bonds. The molecule has 1 aromatic carbocycles. The van der Waals surface area contributed by atoms with Gasteiger partial charge < -0.3 is 15.7 Å². The first-order valence-electron chi connectivity index (χ1n) is 7.17. The highest BCUT2D eigenvalue weighted by molar-refractivity contribution is 6.40. The third-order valence-electron chi connectivity index (χ3n) is 3.82. The molecule has 0 aliphatic heterocycles. The van der Waals surface area contributed by atoms with Gasteiger partial charge >= 0.3 is 11.8 Å². The van der Waals surface area contributed by atoms with E-state index in [0.29, 0.717) is 0 Å². The first-order valence-corrected chi connectivity index (χ1v) is 7.55. The summed E-state index contributed by atoms with van der Waals surface area (Å²) >= 11 is 5.61. The van der Waals surface area contributed by atoms with Crippen LogP contribution in [-0.2, 0) is 9.59 Å². The maximum absolute atomic E-state index is 13.0. The number of nitrogens with one attached hydrogen (secondary N) is 2. The number of aliphatic hydroxyl groups is 1. The van der Waals surface area contributed by atoms with Gasteiger partial charge in [0.2, 0.25) is 0 Å². The Bertz CT molecular complexity index is 560. The predicted octanol–water partition coefficient (Wildman–Crippen LogP) is 2.08. The summed E-state index contributed by atoms with van der Waals surface area (Å²) in [4.78, 5) is 23.6. The fourth-order valence-electron chi connectivity index (χ4n) is 2.50. The molecule has 2 rings (SSSR count). The van der Waals surface area contributed by atoms with Gasteiger partial charge in [0.1, 0.15) is 5.82 Å². The van der Waals surface area contributed by atoms with E-state index in [4.69, 9.17) is 16.7 Å². The average Bonchev–Trinajstić information content (AvgIpc) is 2.51. The number of carbonyl (C=O) groups is 2. The molecule has 22 heavy (non-hydrogen) atoms. The van der Waals surface area contributed by atoms with Crippen molar-refractivity contribution in [3.8, 4) is 0 Å². The molecule has 1 saturated carbocycles. The Labute approximate surface area is 132 Å². The van der Waals surface area contributed by atoms with Crippen molar-refractivity contribution in [3.63, 3.8) is 0 Å². The number of amides is 2. The number of hydrogen-bond acceptors (Lipinski definition) is 3. The lowest BCUT2D eigenvalue weighted by Crippen LogP contribution is -2.43. The summed E-state index contributed by atoms with van der Waals surface area (Å²) in [5, 5.41) is 14.0. The summed E-state index contributed by atoms with van der Waals surface area (Å²) in [7, 11) is 0. The fourth-order valence-corrected chi connectivity index (χ4v) is 2.68. The van der Waals surface area contributed by atoms with Crippen molar-refractivity contribution in [2.45, 2.75) is 31.7 Å². The van der Waals surface area contributed by atoms with Crippen molar-refractivity contribution in [1.29, 1.82) is 0 Å². The van der Waals surface area contributed by atoms with Gasteiger partial charge in [-0.3, -0.25) is 9.59 Å². The van der Waals surface area contributed by atoms with Crippen molar-refractivity contribution < 1.29 is 19.1 Å². The molecule has 1 aliphatic rings. The first kappa shape index (κ1) is 16.7. The van der Waals surface area contributed by atoms with Gasteiger partial charge in [-0.15, -0.1) is 0 Å². The van der Waals surface area contributed by atoms with E-state index >= 15 is 0 Å². The first-order chi connectivity index (χ1) is 10.5. The highest BCUT2D eigenvalue weighted by atomic mass is 35.5. The van der Waals surface area contributed by atoms with Gasteiger partial charge in [0.25, 0.3) is 0 Å². The van der Waals surface area contributed by atoms with Gasteiger partial charge in [0, 0.05) is 18.3 Å². The summed E-state index contributed by atoms with van der Waals surface area (Å²) < 4.78 is 13.0. The summed E-state index contributed by atoms with van der Waals surface area (Å²) in [6, 6.07) is 3.64. The second-order valence-corrected chi connectivity index (χ2v) is 5.86. The maximum Gasteiger partial charge on any atom is 0.313 e. The maximum atomic E-state index is 13.0. The van der Waals surface area contributed by atoms with Gasteiger partial charge in [0.05, 0.1) is 5.02 Å². The lowest BCUT2D eigenvalue weighted by Gasteiger charge is -2.27. The van der Waals surface area contributed by atoms with Crippen LogP contribution in [0.2, 0.25) is 5.02 Å². The van der Waals surface area contributed by atoms with E-state index < -0.39 is 17.6 Å². The summed E-state index contributed by atoms with van der Waals surface area (Å²) in [5.41, 5.74) is 0.260. The van der Waals surface area contributed by atoms with E-state index in [1.54, 1.807) is 0 Å².